The van der Waals surface area contributed by atoms with Crippen molar-refractivity contribution in [2.45, 2.75) is 109 Å². The van der Waals surface area contributed by atoms with Crippen LogP contribution in [-0.2, 0) is 16.0 Å². The lowest BCUT2D eigenvalue weighted by molar-refractivity contribution is -0.155. The minimum atomic E-state index is -0.126. The van der Waals surface area contributed by atoms with E-state index in [1.54, 1.807) is 6.92 Å². The monoisotopic (exact) mass is 472 g/mol. The average Bonchev–Trinajstić information content (AvgIpc) is 3.10. The molecule has 6 atom stereocenters. The number of hydrogen-bond acceptors (Lipinski definition) is 4. The highest BCUT2D eigenvalue weighted by molar-refractivity contribution is 7.80. The SMILES string of the molecule is CC(=O)O[C@H]1CCC2C3C(CC[C@@]21C)c1ccc(O)cc1C[C@H]3CCCCCCCCCS. The van der Waals surface area contributed by atoms with E-state index >= 15 is 0 Å². The molecule has 3 aliphatic carbocycles. The highest BCUT2D eigenvalue weighted by Gasteiger charge is 2.57. The number of carbonyl (C=O) groups is 1. The Morgan fingerprint density at radius 1 is 1.09 bits per heavy atom. The van der Waals surface area contributed by atoms with Crippen molar-refractivity contribution in [2.24, 2.45) is 23.2 Å². The van der Waals surface area contributed by atoms with E-state index in [1.165, 1.54) is 75.3 Å². The summed E-state index contributed by atoms with van der Waals surface area (Å²) in [6.07, 6.45) is 16.2. The number of benzene rings is 1. The van der Waals surface area contributed by atoms with Crippen LogP contribution >= 0.6 is 12.6 Å². The second-order valence-corrected chi connectivity index (χ2v) is 11.8. The fourth-order valence-corrected chi connectivity index (χ4v) is 8.03. The Kier molecular flexibility index (Phi) is 8.36. The quantitative estimate of drug-likeness (QED) is 0.211. The molecule has 1 N–H and O–H groups in total. The number of esters is 1. The van der Waals surface area contributed by atoms with Gasteiger partial charge >= 0.3 is 5.97 Å². The van der Waals surface area contributed by atoms with Crippen LogP contribution in [0, 0.1) is 23.2 Å². The number of fused-ring (bicyclic) bond motifs is 5. The lowest BCUT2D eigenvalue weighted by Gasteiger charge is -2.53. The maximum atomic E-state index is 11.8. The van der Waals surface area contributed by atoms with Crippen LogP contribution < -0.4 is 0 Å². The number of thiol groups is 1. The maximum Gasteiger partial charge on any atom is 0.302 e. The van der Waals surface area contributed by atoms with Crippen molar-refractivity contribution >= 4 is 18.6 Å². The van der Waals surface area contributed by atoms with E-state index in [-0.39, 0.29) is 17.5 Å². The molecule has 3 aliphatic rings. The van der Waals surface area contributed by atoms with Gasteiger partial charge in [-0.25, -0.2) is 0 Å². The summed E-state index contributed by atoms with van der Waals surface area (Å²) >= 11 is 4.31. The summed E-state index contributed by atoms with van der Waals surface area (Å²) in [5.41, 5.74) is 2.98. The topological polar surface area (TPSA) is 46.5 Å². The highest BCUT2D eigenvalue weighted by atomic mass is 32.1. The number of hydrogen-bond donors (Lipinski definition) is 2. The molecule has 0 spiro atoms. The summed E-state index contributed by atoms with van der Waals surface area (Å²) in [7, 11) is 0. The number of aromatic hydroxyl groups is 1. The van der Waals surface area contributed by atoms with Crippen LogP contribution in [0.15, 0.2) is 18.2 Å². The molecule has 0 amide bonds. The van der Waals surface area contributed by atoms with Crippen LogP contribution in [0.5, 0.6) is 5.75 Å². The lowest BCUT2D eigenvalue weighted by Crippen LogP contribution is -2.48. The first kappa shape index (κ1) is 24.9. The molecule has 1 aromatic rings. The van der Waals surface area contributed by atoms with Gasteiger partial charge in [-0.1, -0.05) is 51.5 Å². The van der Waals surface area contributed by atoms with Gasteiger partial charge in [0.25, 0.3) is 0 Å². The third-order valence-electron chi connectivity index (χ3n) is 9.34. The zero-order valence-corrected chi connectivity index (χ0v) is 21.6. The van der Waals surface area contributed by atoms with Gasteiger partial charge in [-0.05, 0) is 97.6 Å². The first-order valence-corrected chi connectivity index (χ1v) is 14.2. The number of phenolic OH excluding ortho intramolecular Hbond substituents is 1. The number of ether oxygens (including phenoxy) is 1. The van der Waals surface area contributed by atoms with Gasteiger partial charge < -0.3 is 9.84 Å². The van der Waals surface area contributed by atoms with E-state index < -0.39 is 0 Å². The molecule has 0 saturated heterocycles. The van der Waals surface area contributed by atoms with Gasteiger partial charge in [0.2, 0.25) is 0 Å². The minimum Gasteiger partial charge on any atom is -0.508 e. The van der Waals surface area contributed by atoms with Crippen molar-refractivity contribution in [2.75, 3.05) is 5.75 Å². The maximum absolute atomic E-state index is 11.8. The summed E-state index contributed by atoms with van der Waals surface area (Å²) in [6, 6.07) is 6.11. The molecule has 33 heavy (non-hydrogen) atoms. The van der Waals surface area contributed by atoms with Gasteiger partial charge in [0, 0.05) is 12.3 Å². The van der Waals surface area contributed by atoms with Crippen LogP contribution in [0.4, 0.5) is 0 Å². The average molecular weight is 473 g/mol. The Labute approximate surface area is 206 Å². The van der Waals surface area contributed by atoms with Gasteiger partial charge in [-0.15, -0.1) is 0 Å². The predicted molar refractivity (Wildman–Crippen MR) is 138 cm³/mol. The van der Waals surface area contributed by atoms with E-state index in [2.05, 4.69) is 25.6 Å². The van der Waals surface area contributed by atoms with E-state index in [1.807, 2.05) is 12.1 Å². The zero-order chi connectivity index (χ0) is 23.4. The lowest BCUT2D eigenvalue weighted by atomic mass is 9.52. The standard InChI is InChI=1S/C29H44O3S/c1-20(30)32-27-14-13-26-28-21(10-8-6-4-3-5-7-9-17-33)18-22-19-23(31)11-12-24(22)25(28)15-16-29(26,27)2/h11-12,19,21,25-28,31,33H,3-10,13-18H2,1-2H3/t21-,25?,26?,27+,28?,29+/m1/s1. The highest BCUT2D eigenvalue weighted by Crippen LogP contribution is 2.63. The number of carbonyl (C=O) groups excluding carboxylic acids is 1. The van der Waals surface area contributed by atoms with Crippen molar-refractivity contribution in [3.8, 4) is 5.75 Å². The van der Waals surface area contributed by atoms with Gasteiger partial charge in [0.15, 0.2) is 0 Å². The van der Waals surface area contributed by atoms with Gasteiger partial charge in [0.1, 0.15) is 11.9 Å². The fourth-order valence-electron chi connectivity index (χ4n) is 7.81. The third-order valence-corrected chi connectivity index (χ3v) is 9.66. The molecule has 4 rings (SSSR count). The predicted octanol–water partition coefficient (Wildman–Crippen LogP) is 7.46. The van der Waals surface area contributed by atoms with Gasteiger partial charge in [0.05, 0.1) is 0 Å². The van der Waals surface area contributed by atoms with Crippen molar-refractivity contribution in [1.29, 1.82) is 0 Å². The normalized spacial score (nSPS) is 32.6. The Morgan fingerprint density at radius 3 is 2.55 bits per heavy atom. The van der Waals surface area contributed by atoms with Crippen molar-refractivity contribution < 1.29 is 14.6 Å². The van der Waals surface area contributed by atoms with E-state index in [4.69, 9.17) is 4.74 Å². The van der Waals surface area contributed by atoms with Gasteiger partial charge in [-0.3, -0.25) is 4.79 Å². The molecule has 3 nitrogen and oxygen atoms in total. The van der Waals surface area contributed by atoms with Crippen LogP contribution in [0.2, 0.25) is 0 Å². The largest absolute Gasteiger partial charge is 0.508 e. The van der Waals surface area contributed by atoms with Crippen LogP contribution in [0.3, 0.4) is 0 Å². The Morgan fingerprint density at radius 2 is 1.82 bits per heavy atom. The zero-order valence-electron chi connectivity index (χ0n) is 20.7. The van der Waals surface area contributed by atoms with E-state index in [9.17, 15) is 9.90 Å². The molecule has 3 unspecified atom stereocenters. The van der Waals surface area contributed by atoms with Crippen molar-refractivity contribution in [1.82, 2.24) is 0 Å². The fraction of sp³-hybridized carbons (Fsp3) is 0.759. The van der Waals surface area contributed by atoms with Gasteiger partial charge in [-0.2, -0.15) is 12.6 Å². The van der Waals surface area contributed by atoms with Crippen LogP contribution in [-0.4, -0.2) is 22.9 Å². The van der Waals surface area contributed by atoms with Crippen LogP contribution in [0.25, 0.3) is 0 Å². The molecule has 2 fully saturated rings. The number of rotatable bonds is 10. The Balaban J connectivity index is 1.46. The Hall–Kier alpha value is -1.16. The molecule has 1 aromatic carbocycles. The first-order chi connectivity index (χ1) is 15.9. The molecule has 0 aromatic heterocycles. The smallest absolute Gasteiger partial charge is 0.302 e. The molecule has 0 bridgehead atoms. The molecule has 2 saturated carbocycles. The van der Waals surface area contributed by atoms with E-state index in [0.29, 0.717) is 29.4 Å². The van der Waals surface area contributed by atoms with Crippen molar-refractivity contribution in [3.63, 3.8) is 0 Å². The summed E-state index contributed by atoms with van der Waals surface area (Å²) < 4.78 is 5.86. The molecule has 4 heteroatoms. The summed E-state index contributed by atoms with van der Waals surface area (Å²) in [5, 5.41) is 10.2. The Bertz CT molecular complexity index is 808. The summed E-state index contributed by atoms with van der Waals surface area (Å²) in [4.78, 5) is 11.8. The molecule has 184 valence electrons. The van der Waals surface area contributed by atoms with Crippen LogP contribution in [0.1, 0.15) is 108 Å². The second-order valence-electron chi connectivity index (χ2n) is 11.3. The molecular formula is C29H44O3S. The first-order valence-electron chi connectivity index (χ1n) is 13.5. The summed E-state index contributed by atoms with van der Waals surface area (Å²) in [5.74, 6) is 3.87. The molecule has 0 heterocycles. The van der Waals surface area contributed by atoms with E-state index in [0.717, 1.165) is 25.0 Å². The third kappa shape index (κ3) is 5.41. The number of phenols is 1. The van der Waals surface area contributed by atoms with Crippen molar-refractivity contribution in [3.05, 3.63) is 29.3 Å². The molecule has 0 aliphatic heterocycles. The number of unbranched alkanes of at least 4 members (excludes halogenated alkanes) is 6. The summed E-state index contributed by atoms with van der Waals surface area (Å²) in [6.45, 7) is 3.97. The molecule has 0 radical (unpaired) electrons. The minimum absolute atomic E-state index is 0.0834. The molecular weight excluding hydrogens is 428 g/mol. The second kappa shape index (κ2) is 11.1.